The molecule has 0 nitrogen and oxygen atoms in total. The number of halogens is 2. The van der Waals surface area contributed by atoms with Crippen molar-refractivity contribution in [3.05, 3.63) is 0 Å². The molecule has 0 heterocycles. The Bertz CT molecular complexity index is 131. The summed E-state index contributed by atoms with van der Waals surface area (Å²) >= 11 is 0. The summed E-state index contributed by atoms with van der Waals surface area (Å²) in [6.45, 7) is 5.46. The summed E-state index contributed by atoms with van der Waals surface area (Å²) in [5.41, 5.74) is 0. The fraction of sp³-hybridized carbons (Fsp3) is 1.00. The van der Waals surface area contributed by atoms with Gasteiger partial charge in [0.1, 0.15) is 0 Å². The zero-order chi connectivity index (χ0) is 7.94. The molecule has 1 fully saturated rings. The highest BCUT2D eigenvalue weighted by molar-refractivity contribution is 4.89. The first-order valence-electron chi connectivity index (χ1n) is 3.83. The average Bonchev–Trinajstić information content (AvgIpc) is 1.95. The van der Waals surface area contributed by atoms with Crippen LogP contribution in [-0.4, -0.2) is 5.92 Å². The van der Waals surface area contributed by atoms with Crippen molar-refractivity contribution in [2.24, 2.45) is 17.8 Å². The van der Waals surface area contributed by atoms with Crippen LogP contribution in [0.4, 0.5) is 8.78 Å². The first-order chi connectivity index (χ1) is 4.45. The Balaban J connectivity index is 2.71. The average molecular weight is 148 g/mol. The quantitative estimate of drug-likeness (QED) is 0.495. The Morgan fingerprint density at radius 1 is 1.20 bits per heavy atom. The zero-order valence-corrected chi connectivity index (χ0v) is 6.70. The Labute approximate surface area is 60.6 Å². The highest BCUT2D eigenvalue weighted by atomic mass is 19.3. The Hall–Kier alpha value is -0.140. The van der Waals surface area contributed by atoms with Crippen LogP contribution in [0.5, 0.6) is 0 Å². The van der Waals surface area contributed by atoms with Crippen LogP contribution in [0.25, 0.3) is 0 Å². The number of hydrogen-bond acceptors (Lipinski definition) is 0. The van der Waals surface area contributed by atoms with Crippen LogP contribution in [0, 0.1) is 17.8 Å². The van der Waals surface area contributed by atoms with E-state index in [9.17, 15) is 8.78 Å². The highest BCUT2D eigenvalue weighted by Crippen LogP contribution is 2.47. The van der Waals surface area contributed by atoms with E-state index in [1.807, 2.05) is 13.8 Å². The van der Waals surface area contributed by atoms with Crippen LogP contribution < -0.4 is 0 Å². The second kappa shape index (κ2) is 2.18. The molecule has 0 aliphatic heterocycles. The van der Waals surface area contributed by atoms with Crippen LogP contribution in [-0.2, 0) is 0 Å². The highest BCUT2D eigenvalue weighted by Gasteiger charge is 2.48. The van der Waals surface area contributed by atoms with E-state index in [1.165, 1.54) is 0 Å². The van der Waals surface area contributed by atoms with Gasteiger partial charge >= 0.3 is 0 Å². The molecule has 2 heteroatoms. The molecule has 1 rings (SSSR count). The molecular weight excluding hydrogens is 134 g/mol. The number of alkyl halides is 2. The lowest BCUT2D eigenvalue weighted by atomic mass is 9.94. The molecule has 10 heavy (non-hydrogen) atoms. The van der Waals surface area contributed by atoms with E-state index < -0.39 is 11.8 Å². The third-order valence-corrected chi connectivity index (χ3v) is 2.95. The van der Waals surface area contributed by atoms with E-state index in [0.717, 1.165) is 0 Å². The van der Waals surface area contributed by atoms with Gasteiger partial charge in [-0.2, -0.15) is 0 Å². The van der Waals surface area contributed by atoms with Crippen LogP contribution in [0.3, 0.4) is 0 Å². The van der Waals surface area contributed by atoms with Crippen molar-refractivity contribution in [2.45, 2.75) is 33.1 Å². The molecular formula is C8H14F2. The lowest BCUT2D eigenvalue weighted by Crippen LogP contribution is -2.21. The summed E-state index contributed by atoms with van der Waals surface area (Å²) in [5, 5.41) is 0. The topological polar surface area (TPSA) is 0 Å². The Kier molecular flexibility index (Phi) is 1.73. The van der Waals surface area contributed by atoms with Gasteiger partial charge in [0.25, 0.3) is 5.92 Å². The summed E-state index contributed by atoms with van der Waals surface area (Å²) in [5.74, 6) is -2.47. The molecule has 3 unspecified atom stereocenters. The molecule has 0 saturated heterocycles. The van der Waals surface area contributed by atoms with Crippen molar-refractivity contribution in [1.29, 1.82) is 0 Å². The molecule has 0 radical (unpaired) electrons. The minimum absolute atomic E-state index is 0.0787. The first-order valence-corrected chi connectivity index (χ1v) is 3.83. The van der Waals surface area contributed by atoms with Gasteiger partial charge in [-0.3, -0.25) is 0 Å². The van der Waals surface area contributed by atoms with E-state index in [-0.39, 0.29) is 18.3 Å². The fourth-order valence-corrected chi connectivity index (χ4v) is 1.68. The third kappa shape index (κ3) is 1.04. The van der Waals surface area contributed by atoms with Crippen molar-refractivity contribution in [3.8, 4) is 0 Å². The van der Waals surface area contributed by atoms with Crippen LogP contribution in [0.15, 0.2) is 0 Å². The summed E-state index contributed by atoms with van der Waals surface area (Å²) in [4.78, 5) is 0. The van der Waals surface area contributed by atoms with Gasteiger partial charge in [-0.1, -0.05) is 20.8 Å². The normalized spacial score (nSPS) is 45.9. The number of rotatable bonds is 0. The van der Waals surface area contributed by atoms with Crippen molar-refractivity contribution >= 4 is 0 Å². The lowest BCUT2D eigenvalue weighted by Gasteiger charge is -2.16. The van der Waals surface area contributed by atoms with Gasteiger partial charge < -0.3 is 0 Å². The maximum absolute atomic E-state index is 12.8. The molecule has 0 spiro atoms. The molecule has 1 aliphatic rings. The molecule has 0 N–H and O–H groups in total. The minimum Gasteiger partial charge on any atom is -0.207 e. The molecule has 0 aromatic rings. The van der Waals surface area contributed by atoms with Crippen molar-refractivity contribution in [2.75, 3.05) is 0 Å². The predicted octanol–water partition coefficient (Wildman–Crippen LogP) is 2.93. The van der Waals surface area contributed by atoms with Gasteiger partial charge in [-0.15, -0.1) is 0 Å². The van der Waals surface area contributed by atoms with Crippen LogP contribution >= 0.6 is 0 Å². The van der Waals surface area contributed by atoms with E-state index in [2.05, 4.69) is 0 Å². The molecule has 0 aromatic heterocycles. The Morgan fingerprint density at radius 2 is 1.70 bits per heavy atom. The van der Waals surface area contributed by atoms with Gasteiger partial charge in [0, 0.05) is 12.3 Å². The molecule has 0 aromatic carbocycles. The Morgan fingerprint density at radius 3 is 1.80 bits per heavy atom. The van der Waals surface area contributed by atoms with Gasteiger partial charge in [0.15, 0.2) is 0 Å². The molecule has 0 amide bonds. The third-order valence-electron chi connectivity index (χ3n) is 2.95. The summed E-state index contributed by atoms with van der Waals surface area (Å²) < 4.78 is 25.7. The summed E-state index contributed by atoms with van der Waals surface area (Å²) in [6.07, 6.45) is 0.0787. The largest absolute Gasteiger partial charge is 0.251 e. The maximum atomic E-state index is 12.8. The molecule has 0 bridgehead atoms. The second-order valence-electron chi connectivity index (χ2n) is 3.59. The van der Waals surface area contributed by atoms with E-state index in [4.69, 9.17) is 0 Å². The maximum Gasteiger partial charge on any atom is 0.251 e. The smallest absolute Gasteiger partial charge is 0.207 e. The van der Waals surface area contributed by atoms with Gasteiger partial charge in [0.2, 0.25) is 0 Å². The van der Waals surface area contributed by atoms with Crippen molar-refractivity contribution in [3.63, 3.8) is 0 Å². The SMILES string of the molecule is CC1CC(F)(F)C(C)C1C. The zero-order valence-electron chi connectivity index (χ0n) is 6.70. The van der Waals surface area contributed by atoms with E-state index >= 15 is 0 Å². The monoisotopic (exact) mass is 148 g/mol. The second-order valence-corrected chi connectivity index (χ2v) is 3.59. The van der Waals surface area contributed by atoms with Crippen molar-refractivity contribution < 1.29 is 8.78 Å². The van der Waals surface area contributed by atoms with Gasteiger partial charge in [-0.05, 0) is 11.8 Å². The van der Waals surface area contributed by atoms with Gasteiger partial charge in [0.05, 0.1) is 0 Å². The summed E-state index contributed by atoms with van der Waals surface area (Å²) in [6, 6.07) is 0. The van der Waals surface area contributed by atoms with Gasteiger partial charge in [-0.25, -0.2) is 8.78 Å². The van der Waals surface area contributed by atoms with Crippen LogP contribution in [0.1, 0.15) is 27.2 Å². The standard InChI is InChI=1S/C8H14F2/c1-5-4-8(9,10)7(3)6(5)2/h5-7H,4H2,1-3H3. The molecule has 3 atom stereocenters. The van der Waals surface area contributed by atoms with Crippen molar-refractivity contribution in [1.82, 2.24) is 0 Å². The fourth-order valence-electron chi connectivity index (χ4n) is 1.68. The number of hydrogen-bond donors (Lipinski definition) is 0. The summed E-state index contributed by atoms with van der Waals surface area (Å²) in [7, 11) is 0. The molecule has 60 valence electrons. The minimum atomic E-state index is -2.40. The molecule has 1 aliphatic carbocycles. The lowest BCUT2D eigenvalue weighted by molar-refractivity contribution is -0.0378. The van der Waals surface area contributed by atoms with E-state index in [1.54, 1.807) is 6.92 Å². The van der Waals surface area contributed by atoms with E-state index in [0.29, 0.717) is 0 Å². The molecule has 1 saturated carbocycles. The van der Waals surface area contributed by atoms with Crippen LogP contribution in [0.2, 0.25) is 0 Å². The first kappa shape index (κ1) is 7.96. The predicted molar refractivity (Wildman–Crippen MR) is 37.1 cm³/mol.